The van der Waals surface area contributed by atoms with Crippen molar-refractivity contribution >= 4 is 11.0 Å². The second kappa shape index (κ2) is 5.58. The van der Waals surface area contributed by atoms with E-state index in [1.54, 1.807) is 0 Å². The summed E-state index contributed by atoms with van der Waals surface area (Å²) in [5.74, 6) is 1.09. The molecule has 3 nitrogen and oxygen atoms in total. The molecule has 1 atom stereocenters. The molecule has 0 aliphatic carbocycles. The van der Waals surface area contributed by atoms with Crippen LogP contribution in [0.1, 0.15) is 12.7 Å². The van der Waals surface area contributed by atoms with Crippen LogP contribution in [0.2, 0.25) is 0 Å². The minimum Gasteiger partial charge on any atom is -0.455 e. The monoisotopic (exact) mass is 276 g/mol. The number of para-hydroxylation sites is 1. The number of furan rings is 1. The number of fused-ring (bicyclic) bond motifs is 1. The average molecular weight is 276 g/mol. The van der Waals surface area contributed by atoms with Crippen LogP contribution >= 0.6 is 0 Å². The van der Waals surface area contributed by atoms with Crippen LogP contribution in [0, 0.1) is 0 Å². The summed E-state index contributed by atoms with van der Waals surface area (Å²) in [6.45, 7) is 6.68. The van der Waals surface area contributed by atoms with Crippen molar-refractivity contribution in [2.24, 2.45) is 0 Å². The molecule has 0 aliphatic rings. The molecule has 0 bridgehead atoms. The molecule has 0 fully saturated rings. The number of benzene rings is 1. The van der Waals surface area contributed by atoms with Crippen LogP contribution in [0.3, 0.4) is 0 Å². The van der Waals surface area contributed by atoms with Crippen LogP contribution in [0.5, 0.6) is 0 Å². The largest absolute Gasteiger partial charge is 0.455 e. The molecule has 1 heterocycles. The van der Waals surface area contributed by atoms with Gasteiger partial charge < -0.3 is 13.4 Å². The minimum atomic E-state index is 0.963. The van der Waals surface area contributed by atoms with Crippen molar-refractivity contribution in [1.29, 1.82) is 0 Å². The van der Waals surface area contributed by atoms with Gasteiger partial charge in [0, 0.05) is 5.39 Å². The van der Waals surface area contributed by atoms with Crippen molar-refractivity contribution in [3.05, 3.63) is 36.1 Å². The van der Waals surface area contributed by atoms with E-state index in [-0.39, 0.29) is 0 Å². The van der Waals surface area contributed by atoms with Gasteiger partial charge in [0.2, 0.25) is 0 Å². The highest BCUT2D eigenvalue weighted by atomic mass is 16.3. The molecule has 0 saturated heterocycles. The molecule has 3 heteroatoms. The van der Waals surface area contributed by atoms with Crippen molar-refractivity contribution in [2.75, 3.05) is 47.8 Å². The van der Waals surface area contributed by atoms with Crippen LogP contribution in [-0.4, -0.2) is 56.8 Å². The van der Waals surface area contributed by atoms with E-state index in [1.807, 2.05) is 12.1 Å². The third-order valence-corrected chi connectivity index (χ3v) is 4.09. The van der Waals surface area contributed by atoms with Gasteiger partial charge in [-0.1, -0.05) is 18.2 Å². The Hall–Kier alpha value is -1.32. The molecule has 20 heavy (non-hydrogen) atoms. The minimum absolute atomic E-state index is 0.963. The number of hydrogen-bond acceptors (Lipinski definition) is 1. The molecule has 1 aromatic heterocycles. The lowest BCUT2D eigenvalue weighted by molar-refractivity contribution is -0.956. The fraction of sp³-hybridized carbons (Fsp3) is 0.529. The Morgan fingerprint density at radius 3 is 2.30 bits per heavy atom. The second-order valence-corrected chi connectivity index (χ2v) is 7.08. The lowest BCUT2D eigenvalue weighted by Gasteiger charge is -2.35. The second-order valence-electron chi connectivity index (χ2n) is 7.08. The molecular formula is C17H28N2O+2. The zero-order valence-electron chi connectivity index (χ0n) is 13.5. The third kappa shape index (κ3) is 3.84. The maximum absolute atomic E-state index is 5.98. The Kier molecular flexibility index (Phi) is 4.21. The molecule has 0 spiro atoms. The smallest absolute Gasteiger partial charge is 0.159 e. The maximum atomic E-state index is 5.98. The van der Waals surface area contributed by atoms with Gasteiger partial charge in [-0.3, -0.25) is 0 Å². The van der Waals surface area contributed by atoms with Crippen LogP contribution in [0.15, 0.2) is 34.7 Å². The molecule has 110 valence electrons. The van der Waals surface area contributed by atoms with Crippen molar-refractivity contribution in [3.8, 4) is 0 Å². The molecule has 1 aromatic carbocycles. The van der Waals surface area contributed by atoms with Gasteiger partial charge in [-0.2, -0.15) is 0 Å². The van der Waals surface area contributed by atoms with E-state index in [0.717, 1.165) is 39.9 Å². The highest BCUT2D eigenvalue weighted by Crippen LogP contribution is 2.22. The van der Waals surface area contributed by atoms with E-state index in [9.17, 15) is 0 Å². The fourth-order valence-corrected chi connectivity index (χ4v) is 2.38. The summed E-state index contributed by atoms with van der Waals surface area (Å²) in [5.41, 5.74) is 0.997. The first-order chi connectivity index (χ1) is 9.31. The Morgan fingerprint density at radius 2 is 1.70 bits per heavy atom. The van der Waals surface area contributed by atoms with Crippen molar-refractivity contribution in [2.45, 2.75) is 13.5 Å². The first kappa shape index (κ1) is 15.1. The lowest BCUT2D eigenvalue weighted by Crippen LogP contribution is -2.50. The summed E-state index contributed by atoms with van der Waals surface area (Å²) >= 11 is 0. The Morgan fingerprint density at radius 1 is 1.00 bits per heavy atom. The van der Waals surface area contributed by atoms with Gasteiger partial charge in [-0.25, -0.2) is 0 Å². The van der Waals surface area contributed by atoms with Crippen LogP contribution < -0.4 is 0 Å². The molecule has 0 saturated carbocycles. The standard InChI is InChI=1S/C17H28N2O/c1-6-19(5,12-11-18(2,3)4)14-16-13-15-9-7-8-10-17(15)20-16/h7-10,13H,6,11-12,14H2,1-5H3/q+2/t19-/m0/s1. The molecule has 0 amide bonds. The molecule has 2 aromatic rings. The first-order valence-corrected chi connectivity index (χ1v) is 7.43. The summed E-state index contributed by atoms with van der Waals surface area (Å²) in [6.07, 6.45) is 0. The van der Waals surface area contributed by atoms with Gasteiger partial charge in [0.05, 0.1) is 34.7 Å². The predicted molar refractivity (Wildman–Crippen MR) is 84.4 cm³/mol. The van der Waals surface area contributed by atoms with Crippen molar-refractivity contribution < 1.29 is 13.4 Å². The van der Waals surface area contributed by atoms with Gasteiger partial charge >= 0.3 is 0 Å². The Bertz CT molecular complexity index is 535. The molecule has 0 unspecified atom stereocenters. The normalized spacial score (nSPS) is 15.4. The number of likely N-dealkylation sites (N-methyl/N-ethyl adjacent to an activating group) is 2. The first-order valence-electron chi connectivity index (χ1n) is 7.43. The summed E-state index contributed by atoms with van der Waals surface area (Å²) in [7, 11) is 9.08. The predicted octanol–water partition coefficient (Wildman–Crippen LogP) is 3.11. The van der Waals surface area contributed by atoms with Crippen LogP contribution in [0.25, 0.3) is 11.0 Å². The summed E-state index contributed by atoms with van der Waals surface area (Å²) in [5, 5.41) is 1.21. The number of nitrogens with zero attached hydrogens (tertiary/aromatic N) is 2. The zero-order valence-corrected chi connectivity index (χ0v) is 13.5. The summed E-state index contributed by atoms with van der Waals surface area (Å²) < 4.78 is 8.01. The van der Waals surface area contributed by atoms with E-state index in [1.165, 1.54) is 11.9 Å². The fourth-order valence-electron chi connectivity index (χ4n) is 2.38. The average Bonchev–Trinajstić information content (AvgIpc) is 2.77. The quantitative estimate of drug-likeness (QED) is 0.739. The van der Waals surface area contributed by atoms with E-state index in [0.29, 0.717) is 0 Å². The molecule has 0 radical (unpaired) electrons. The Labute approximate surface area is 122 Å². The van der Waals surface area contributed by atoms with Gasteiger partial charge in [-0.15, -0.1) is 0 Å². The van der Waals surface area contributed by atoms with Gasteiger partial charge in [-0.05, 0) is 19.1 Å². The van der Waals surface area contributed by atoms with Crippen LogP contribution in [0.4, 0.5) is 0 Å². The number of rotatable bonds is 6. The van der Waals surface area contributed by atoms with Gasteiger partial charge in [0.1, 0.15) is 25.2 Å². The van der Waals surface area contributed by atoms with E-state index in [2.05, 4.69) is 53.3 Å². The summed E-state index contributed by atoms with van der Waals surface area (Å²) in [4.78, 5) is 0. The van der Waals surface area contributed by atoms with E-state index < -0.39 is 0 Å². The highest BCUT2D eigenvalue weighted by molar-refractivity contribution is 5.77. The molecule has 0 N–H and O–H groups in total. The molecule has 0 aliphatic heterocycles. The number of quaternary nitrogens is 2. The highest BCUT2D eigenvalue weighted by Gasteiger charge is 2.25. The lowest BCUT2D eigenvalue weighted by atomic mass is 10.2. The van der Waals surface area contributed by atoms with Crippen molar-refractivity contribution in [1.82, 2.24) is 0 Å². The van der Waals surface area contributed by atoms with E-state index >= 15 is 0 Å². The van der Waals surface area contributed by atoms with Crippen LogP contribution in [-0.2, 0) is 6.54 Å². The molecule has 2 rings (SSSR count). The van der Waals surface area contributed by atoms with E-state index in [4.69, 9.17) is 4.42 Å². The van der Waals surface area contributed by atoms with Crippen molar-refractivity contribution in [3.63, 3.8) is 0 Å². The third-order valence-electron chi connectivity index (χ3n) is 4.09. The molecular weight excluding hydrogens is 248 g/mol. The van der Waals surface area contributed by atoms with Gasteiger partial charge in [0.25, 0.3) is 0 Å². The zero-order chi connectivity index (χ0) is 14.8. The maximum Gasteiger partial charge on any atom is 0.159 e. The Balaban J connectivity index is 2.12. The topological polar surface area (TPSA) is 13.1 Å². The number of hydrogen-bond donors (Lipinski definition) is 0. The SMILES string of the molecule is CC[N@@+](C)(CC[N+](C)(C)C)Cc1cc2ccccc2o1. The van der Waals surface area contributed by atoms with Gasteiger partial charge in [0.15, 0.2) is 5.76 Å². The summed E-state index contributed by atoms with van der Waals surface area (Å²) in [6, 6.07) is 10.4.